The van der Waals surface area contributed by atoms with Crippen molar-refractivity contribution in [2.45, 2.75) is 39.3 Å². The maximum Gasteiger partial charge on any atom is 0.243 e. The zero-order chi connectivity index (χ0) is 24.5. The standard InChI is InChI=1S/C28H30ClFN2O2/c1-20(2)18-31-28(34)26(16-21-6-4-3-5-7-21)32(19-23-10-14-25(30)15-11-23)27(33)17-22-8-12-24(29)13-9-22/h3-15,20,26H,16-19H2,1-2H3,(H,31,34)/t26-/m1/s1. The molecule has 0 unspecified atom stereocenters. The van der Waals surface area contributed by atoms with E-state index in [1.165, 1.54) is 12.1 Å². The van der Waals surface area contributed by atoms with Gasteiger partial charge in [-0.05, 0) is 46.9 Å². The number of halogens is 2. The molecule has 178 valence electrons. The van der Waals surface area contributed by atoms with Crippen molar-refractivity contribution in [2.75, 3.05) is 6.54 Å². The molecule has 0 spiro atoms. The third-order valence-electron chi connectivity index (χ3n) is 5.49. The Labute approximate surface area is 205 Å². The summed E-state index contributed by atoms with van der Waals surface area (Å²) in [5, 5.41) is 3.59. The molecule has 3 aromatic carbocycles. The highest BCUT2D eigenvalue weighted by molar-refractivity contribution is 6.30. The van der Waals surface area contributed by atoms with Gasteiger partial charge in [0, 0.05) is 24.5 Å². The second kappa shape index (κ2) is 12.3. The number of benzene rings is 3. The van der Waals surface area contributed by atoms with Crippen LogP contribution < -0.4 is 5.32 Å². The number of rotatable bonds is 10. The summed E-state index contributed by atoms with van der Waals surface area (Å²) < 4.78 is 13.5. The molecule has 3 aromatic rings. The fraction of sp³-hybridized carbons (Fsp3) is 0.286. The average molecular weight is 481 g/mol. The van der Waals surface area contributed by atoms with Gasteiger partial charge in [0.15, 0.2) is 0 Å². The van der Waals surface area contributed by atoms with Crippen LogP contribution in [-0.4, -0.2) is 29.3 Å². The SMILES string of the molecule is CC(C)CNC(=O)[C@@H](Cc1ccccc1)N(Cc1ccc(F)cc1)C(=O)Cc1ccc(Cl)cc1. The number of hydrogen-bond donors (Lipinski definition) is 1. The van der Waals surface area contributed by atoms with Crippen molar-refractivity contribution in [2.24, 2.45) is 5.92 Å². The first-order valence-electron chi connectivity index (χ1n) is 11.4. The molecule has 0 aliphatic carbocycles. The molecule has 0 aromatic heterocycles. The van der Waals surface area contributed by atoms with Crippen LogP contribution in [0.3, 0.4) is 0 Å². The van der Waals surface area contributed by atoms with Gasteiger partial charge in [0.05, 0.1) is 6.42 Å². The van der Waals surface area contributed by atoms with Crippen LogP contribution in [0.1, 0.15) is 30.5 Å². The topological polar surface area (TPSA) is 49.4 Å². The van der Waals surface area contributed by atoms with Crippen LogP contribution in [0.2, 0.25) is 5.02 Å². The lowest BCUT2D eigenvalue weighted by Crippen LogP contribution is -2.51. The van der Waals surface area contributed by atoms with Gasteiger partial charge in [-0.25, -0.2) is 4.39 Å². The van der Waals surface area contributed by atoms with E-state index >= 15 is 0 Å². The largest absolute Gasteiger partial charge is 0.354 e. The Morgan fingerprint density at radius 1 is 0.882 bits per heavy atom. The third-order valence-corrected chi connectivity index (χ3v) is 5.74. The second-order valence-corrected chi connectivity index (χ2v) is 9.23. The highest BCUT2D eigenvalue weighted by Gasteiger charge is 2.30. The summed E-state index contributed by atoms with van der Waals surface area (Å²) in [6.45, 7) is 4.75. The van der Waals surface area contributed by atoms with Gasteiger partial charge in [0.2, 0.25) is 11.8 Å². The zero-order valence-corrected chi connectivity index (χ0v) is 20.3. The number of nitrogens with zero attached hydrogens (tertiary/aromatic N) is 1. The molecule has 2 amide bonds. The molecule has 1 atom stereocenters. The van der Waals surface area contributed by atoms with E-state index in [-0.39, 0.29) is 36.5 Å². The number of carbonyl (C=O) groups excluding carboxylic acids is 2. The van der Waals surface area contributed by atoms with Gasteiger partial charge in [0.1, 0.15) is 11.9 Å². The Kier molecular flexibility index (Phi) is 9.23. The Bertz CT molecular complexity index is 1070. The van der Waals surface area contributed by atoms with E-state index in [9.17, 15) is 14.0 Å². The average Bonchev–Trinajstić information content (AvgIpc) is 2.83. The molecule has 0 saturated carbocycles. The van der Waals surface area contributed by atoms with Crippen LogP contribution in [-0.2, 0) is 29.0 Å². The van der Waals surface area contributed by atoms with Crippen LogP contribution in [0.25, 0.3) is 0 Å². The van der Waals surface area contributed by atoms with Crippen LogP contribution >= 0.6 is 11.6 Å². The molecule has 4 nitrogen and oxygen atoms in total. The summed E-state index contributed by atoms with van der Waals surface area (Å²) in [6.07, 6.45) is 0.499. The highest BCUT2D eigenvalue weighted by Crippen LogP contribution is 2.18. The quantitative estimate of drug-likeness (QED) is 0.420. The molecule has 0 bridgehead atoms. The normalized spacial score (nSPS) is 11.8. The fourth-order valence-electron chi connectivity index (χ4n) is 3.64. The molecular weight excluding hydrogens is 451 g/mol. The van der Waals surface area contributed by atoms with Crippen molar-refractivity contribution in [1.82, 2.24) is 10.2 Å². The molecule has 0 fully saturated rings. The van der Waals surface area contributed by atoms with E-state index in [1.54, 1.807) is 41.3 Å². The minimum atomic E-state index is -0.717. The second-order valence-electron chi connectivity index (χ2n) is 8.80. The van der Waals surface area contributed by atoms with Gasteiger partial charge in [-0.2, -0.15) is 0 Å². The first-order chi connectivity index (χ1) is 16.3. The van der Waals surface area contributed by atoms with Crippen molar-refractivity contribution >= 4 is 23.4 Å². The van der Waals surface area contributed by atoms with Gasteiger partial charge in [-0.1, -0.05) is 80.0 Å². The summed E-state index contributed by atoms with van der Waals surface area (Å²) in [5.74, 6) is -0.466. The molecule has 0 heterocycles. The summed E-state index contributed by atoms with van der Waals surface area (Å²) in [7, 11) is 0. The number of hydrogen-bond acceptors (Lipinski definition) is 2. The highest BCUT2D eigenvalue weighted by atomic mass is 35.5. The van der Waals surface area contributed by atoms with Crippen molar-refractivity contribution in [1.29, 1.82) is 0 Å². The van der Waals surface area contributed by atoms with Crippen LogP contribution in [0, 0.1) is 11.7 Å². The summed E-state index contributed by atoms with van der Waals surface area (Å²) >= 11 is 5.99. The zero-order valence-electron chi connectivity index (χ0n) is 19.5. The molecule has 0 aliphatic heterocycles. The van der Waals surface area contributed by atoms with E-state index in [2.05, 4.69) is 5.32 Å². The van der Waals surface area contributed by atoms with Crippen LogP contribution in [0.4, 0.5) is 4.39 Å². The summed E-state index contributed by atoms with van der Waals surface area (Å²) in [5.41, 5.74) is 2.51. The Balaban J connectivity index is 1.93. The van der Waals surface area contributed by atoms with Gasteiger partial charge >= 0.3 is 0 Å². The Hall–Kier alpha value is -3.18. The minimum Gasteiger partial charge on any atom is -0.354 e. The lowest BCUT2D eigenvalue weighted by molar-refractivity contribution is -0.140. The molecular formula is C28H30ClFN2O2. The minimum absolute atomic E-state index is 0.126. The van der Waals surface area contributed by atoms with Crippen molar-refractivity contribution in [3.63, 3.8) is 0 Å². The van der Waals surface area contributed by atoms with Gasteiger partial charge < -0.3 is 10.2 Å². The maximum atomic E-state index is 13.6. The fourth-order valence-corrected chi connectivity index (χ4v) is 3.77. The molecule has 6 heteroatoms. The van der Waals surface area contributed by atoms with Crippen LogP contribution in [0.5, 0.6) is 0 Å². The van der Waals surface area contributed by atoms with E-state index in [0.29, 0.717) is 18.0 Å². The monoisotopic (exact) mass is 480 g/mol. The number of carbonyl (C=O) groups is 2. The molecule has 3 rings (SSSR count). The number of amides is 2. The van der Waals surface area contributed by atoms with E-state index in [0.717, 1.165) is 16.7 Å². The third kappa shape index (κ3) is 7.70. The molecule has 34 heavy (non-hydrogen) atoms. The lowest BCUT2D eigenvalue weighted by Gasteiger charge is -2.32. The predicted octanol–water partition coefficient (Wildman–Crippen LogP) is 5.43. The van der Waals surface area contributed by atoms with Gasteiger partial charge in [-0.15, -0.1) is 0 Å². The predicted molar refractivity (Wildman–Crippen MR) is 134 cm³/mol. The van der Waals surface area contributed by atoms with Gasteiger partial charge in [-0.3, -0.25) is 9.59 Å². The summed E-state index contributed by atoms with van der Waals surface area (Å²) in [6, 6.07) is 22.0. The number of nitrogens with one attached hydrogen (secondary N) is 1. The van der Waals surface area contributed by atoms with Crippen molar-refractivity contribution < 1.29 is 14.0 Å². The molecule has 0 aliphatic rings. The van der Waals surface area contributed by atoms with Gasteiger partial charge in [0.25, 0.3) is 0 Å². The lowest BCUT2D eigenvalue weighted by atomic mass is 10.0. The molecule has 0 radical (unpaired) electrons. The maximum absolute atomic E-state index is 13.6. The smallest absolute Gasteiger partial charge is 0.243 e. The first-order valence-corrected chi connectivity index (χ1v) is 11.8. The first kappa shape index (κ1) is 25.4. The van der Waals surface area contributed by atoms with Crippen LogP contribution in [0.15, 0.2) is 78.9 Å². The molecule has 0 saturated heterocycles. The van der Waals surface area contributed by atoms with E-state index in [4.69, 9.17) is 11.6 Å². The Morgan fingerprint density at radius 2 is 1.50 bits per heavy atom. The summed E-state index contributed by atoms with van der Waals surface area (Å²) in [4.78, 5) is 28.5. The van der Waals surface area contributed by atoms with Crippen molar-refractivity contribution in [3.05, 3.63) is 106 Å². The Morgan fingerprint density at radius 3 is 2.12 bits per heavy atom. The molecule has 1 N–H and O–H groups in total. The van der Waals surface area contributed by atoms with E-state index < -0.39 is 6.04 Å². The van der Waals surface area contributed by atoms with E-state index in [1.807, 2.05) is 44.2 Å². The van der Waals surface area contributed by atoms with Crippen molar-refractivity contribution in [3.8, 4) is 0 Å².